The Bertz CT molecular complexity index is 623. The second-order valence-electron chi connectivity index (χ2n) is 5.54. The Morgan fingerprint density at radius 2 is 1.90 bits per heavy atom. The first kappa shape index (κ1) is 15.5. The second kappa shape index (κ2) is 6.72. The molecule has 21 heavy (non-hydrogen) atoms. The average molecular weight is 287 g/mol. The van der Waals surface area contributed by atoms with Crippen LogP contribution in [0.5, 0.6) is 11.5 Å². The number of benzene rings is 2. The van der Waals surface area contributed by atoms with E-state index >= 15 is 0 Å². The molecule has 0 aliphatic heterocycles. The van der Waals surface area contributed by atoms with Crippen LogP contribution in [0, 0.1) is 12.7 Å². The van der Waals surface area contributed by atoms with Gasteiger partial charge < -0.3 is 10.1 Å². The number of ether oxygens (including phenoxy) is 1. The molecule has 0 aliphatic rings. The van der Waals surface area contributed by atoms with Crippen molar-refractivity contribution in [2.45, 2.75) is 33.2 Å². The molecule has 0 saturated carbocycles. The molecular weight excluding hydrogens is 265 g/mol. The highest BCUT2D eigenvalue weighted by atomic mass is 19.1. The summed E-state index contributed by atoms with van der Waals surface area (Å²) >= 11 is 0. The zero-order chi connectivity index (χ0) is 15.4. The van der Waals surface area contributed by atoms with E-state index in [1.54, 1.807) is 13.1 Å². The molecule has 0 bridgehead atoms. The maximum absolute atomic E-state index is 14.0. The minimum Gasteiger partial charge on any atom is -0.457 e. The van der Waals surface area contributed by atoms with E-state index in [9.17, 15) is 4.39 Å². The fraction of sp³-hybridized carbons (Fsp3) is 0.333. The lowest BCUT2D eigenvalue weighted by Crippen LogP contribution is -2.08. The molecule has 0 unspecified atom stereocenters. The largest absolute Gasteiger partial charge is 0.457 e. The van der Waals surface area contributed by atoms with Gasteiger partial charge in [-0.2, -0.15) is 0 Å². The van der Waals surface area contributed by atoms with E-state index in [0.29, 0.717) is 23.8 Å². The van der Waals surface area contributed by atoms with Gasteiger partial charge in [0, 0.05) is 12.1 Å². The highest BCUT2D eigenvalue weighted by molar-refractivity contribution is 5.44. The van der Waals surface area contributed by atoms with Gasteiger partial charge in [0.2, 0.25) is 0 Å². The van der Waals surface area contributed by atoms with Gasteiger partial charge in [-0.3, -0.25) is 0 Å². The number of hydrogen-bond acceptors (Lipinski definition) is 2. The molecule has 2 aromatic carbocycles. The number of aryl methyl sites for hydroxylation is 1. The van der Waals surface area contributed by atoms with Crippen LogP contribution in [-0.4, -0.2) is 7.05 Å². The van der Waals surface area contributed by atoms with Gasteiger partial charge in [-0.25, -0.2) is 4.39 Å². The van der Waals surface area contributed by atoms with Crippen LogP contribution in [0.1, 0.15) is 36.5 Å². The molecule has 0 spiro atoms. The molecule has 0 fully saturated rings. The van der Waals surface area contributed by atoms with Gasteiger partial charge in [-0.15, -0.1) is 0 Å². The summed E-state index contributed by atoms with van der Waals surface area (Å²) < 4.78 is 20.0. The van der Waals surface area contributed by atoms with Crippen molar-refractivity contribution in [3.8, 4) is 11.5 Å². The normalized spacial score (nSPS) is 11.0. The highest BCUT2D eigenvalue weighted by Gasteiger charge is 2.13. The zero-order valence-electron chi connectivity index (χ0n) is 13.0. The minimum absolute atomic E-state index is 0.249. The van der Waals surface area contributed by atoms with Gasteiger partial charge in [0.25, 0.3) is 0 Å². The molecule has 0 heterocycles. The molecule has 2 aromatic rings. The highest BCUT2D eigenvalue weighted by Crippen LogP contribution is 2.33. The van der Waals surface area contributed by atoms with E-state index in [-0.39, 0.29) is 5.82 Å². The first-order valence-corrected chi connectivity index (χ1v) is 7.23. The van der Waals surface area contributed by atoms with Crippen LogP contribution in [0.4, 0.5) is 4.39 Å². The summed E-state index contributed by atoms with van der Waals surface area (Å²) in [6, 6.07) is 11.1. The van der Waals surface area contributed by atoms with Crippen molar-refractivity contribution in [2.75, 3.05) is 7.05 Å². The average Bonchev–Trinajstić information content (AvgIpc) is 2.42. The van der Waals surface area contributed by atoms with Gasteiger partial charge in [0.1, 0.15) is 17.3 Å². The fourth-order valence-electron chi connectivity index (χ4n) is 2.31. The Labute approximate surface area is 126 Å². The zero-order valence-corrected chi connectivity index (χ0v) is 13.0. The smallest absolute Gasteiger partial charge is 0.134 e. The van der Waals surface area contributed by atoms with Crippen LogP contribution < -0.4 is 10.1 Å². The lowest BCUT2D eigenvalue weighted by atomic mass is 10.0. The number of hydrogen-bond donors (Lipinski definition) is 1. The Balaban J connectivity index is 2.43. The van der Waals surface area contributed by atoms with E-state index in [4.69, 9.17) is 4.74 Å². The van der Waals surface area contributed by atoms with Crippen molar-refractivity contribution >= 4 is 0 Å². The predicted molar refractivity (Wildman–Crippen MR) is 84.5 cm³/mol. The lowest BCUT2D eigenvalue weighted by molar-refractivity contribution is 0.456. The third-order valence-electron chi connectivity index (χ3n) is 3.44. The third-order valence-corrected chi connectivity index (χ3v) is 3.44. The maximum atomic E-state index is 14.0. The molecule has 112 valence electrons. The fourth-order valence-corrected chi connectivity index (χ4v) is 2.31. The summed E-state index contributed by atoms with van der Waals surface area (Å²) in [7, 11) is 1.79. The molecule has 0 radical (unpaired) electrons. The van der Waals surface area contributed by atoms with Gasteiger partial charge in [-0.1, -0.05) is 32.0 Å². The van der Waals surface area contributed by atoms with Crippen LogP contribution >= 0.6 is 0 Å². The minimum atomic E-state index is -0.249. The monoisotopic (exact) mass is 287 g/mol. The number of rotatable bonds is 5. The Morgan fingerprint density at radius 3 is 2.57 bits per heavy atom. The van der Waals surface area contributed by atoms with Crippen LogP contribution in [-0.2, 0) is 6.54 Å². The standard InChI is InChI=1S/C18H22FNO/c1-12(2)14-9-8-13(3)10-18(14)21-17-7-5-6-16(19)15(17)11-20-4/h5-10,12,20H,11H2,1-4H3. The topological polar surface area (TPSA) is 21.3 Å². The molecule has 2 rings (SSSR count). The van der Waals surface area contributed by atoms with Gasteiger partial charge >= 0.3 is 0 Å². The molecular formula is C18H22FNO. The number of nitrogens with one attached hydrogen (secondary N) is 1. The van der Waals surface area contributed by atoms with Crippen molar-refractivity contribution in [1.82, 2.24) is 5.32 Å². The third kappa shape index (κ3) is 3.61. The summed E-state index contributed by atoms with van der Waals surface area (Å²) in [6.07, 6.45) is 0. The molecule has 0 amide bonds. The molecule has 3 heteroatoms. The molecule has 1 N–H and O–H groups in total. The van der Waals surface area contributed by atoms with E-state index in [1.807, 2.05) is 19.1 Å². The molecule has 2 nitrogen and oxygen atoms in total. The maximum Gasteiger partial charge on any atom is 0.134 e. The first-order chi connectivity index (χ1) is 10.0. The van der Waals surface area contributed by atoms with Crippen molar-refractivity contribution in [1.29, 1.82) is 0 Å². The summed E-state index contributed by atoms with van der Waals surface area (Å²) in [6.45, 7) is 6.71. The van der Waals surface area contributed by atoms with Crippen LogP contribution in [0.15, 0.2) is 36.4 Å². The number of halogens is 1. The second-order valence-corrected chi connectivity index (χ2v) is 5.54. The summed E-state index contributed by atoms with van der Waals surface area (Å²) in [5.41, 5.74) is 2.80. The summed E-state index contributed by atoms with van der Waals surface area (Å²) in [5.74, 6) is 1.47. The van der Waals surface area contributed by atoms with E-state index < -0.39 is 0 Å². The van der Waals surface area contributed by atoms with Crippen molar-refractivity contribution in [3.05, 3.63) is 58.9 Å². The Kier molecular flexibility index (Phi) is 4.97. The van der Waals surface area contributed by atoms with E-state index in [1.165, 1.54) is 6.07 Å². The first-order valence-electron chi connectivity index (χ1n) is 7.23. The summed E-state index contributed by atoms with van der Waals surface area (Å²) in [4.78, 5) is 0. The lowest BCUT2D eigenvalue weighted by Gasteiger charge is -2.17. The molecule has 0 aliphatic carbocycles. The van der Waals surface area contributed by atoms with E-state index in [0.717, 1.165) is 16.9 Å². The predicted octanol–water partition coefficient (Wildman–Crippen LogP) is 4.77. The van der Waals surface area contributed by atoms with Crippen molar-refractivity contribution in [2.24, 2.45) is 0 Å². The van der Waals surface area contributed by atoms with Crippen LogP contribution in [0.2, 0.25) is 0 Å². The molecule has 0 atom stereocenters. The SMILES string of the molecule is CNCc1c(F)cccc1Oc1cc(C)ccc1C(C)C. The Hall–Kier alpha value is -1.87. The van der Waals surface area contributed by atoms with E-state index in [2.05, 4.69) is 31.3 Å². The van der Waals surface area contributed by atoms with Gasteiger partial charge in [-0.05, 0) is 49.2 Å². The molecule has 0 saturated heterocycles. The van der Waals surface area contributed by atoms with Crippen molar-refractivity contribution < 1.29 is 9.13 Å². The van der Waals surface area contributed by atoms with Crippen LogP contribution in [0.25, 0.3) is 0 Å². The van der Waals surface area contributed by atoms with Crippen molar-refractivity contribution in [3.63, 3.8) is 0 Å². The van der Waals surface area contributed by atoms with Gasteiger partial charge in [0.15, 0.2) is 0 Å². The summed E-state index contributed by atoms with van der Waals surface area (Å²) in [5, 5.41) is 2.98. The Morgan fingerprint density at radius 1 is 1.14 bits per heavy atom. The van der Waals surface area contributed by atoms with Crippen LogP contribution in [0.3, 0.4) is 0 Å². The quantitative estimate of drug-likeness (QED) is 0.855. The molecule has 0 aromatic heterocycles. The van der Waals surface area contributed by atoms with Gasteiger partial charge in [0.05, 0.1) is 0 Å².